The molecule has 90 valence electrons. The molecule has 0 N–H and O–H groups in total. The number of hydrogen-bond acceptors (Lipinski definition) is 1. The van der Waals surface area contributed by atoms with Crippen molar-refractivity contribution in [3.05, 3.63) is 70.8 Å². The quantitative estimate of drug-likeness (QED) is 0.660. The first kappa shape index (κ1) is 11.6. The van der Waals surface area contributed by atoms with Gasteiger partial charge in [0.15, 0.2) is 5.78 Å². The molecule has 0 spiro atoms. The maximum absolute atomic E-state index is 14.5. The summed E-state index contributed by atoms with van der Waals surface area (Å²) in [5, 5.41) is 0. The molecule has 18 heavy (non-hydrogen) atoms. The number of rotatable bonds is 0. The van der Waals surface area contributed by atoms with Gasteiger partial charge < -0.3 is 0 Å². The number of halogens is 2. The van der Waals surface area contributed by atoms with E-state index in [0.717, 1.165) is 0 Å². The molecule has 0 aliphatic heterocycles. The standard InChI is InChI=1S/C15H10BrFO/c16-13-9-5-1-3-7-11(9)15(18)12-8-4-2-6-10(12)14(13)17/h1-8,13-14H. The van der Waals surface area contributed by atoms with Crippen molar-refractivity contribution in [3.63, 3.8) is 0 Å². The molecule has 0 radical (unpaired) electrons. The van der Waals surface area contributed by atoms with E-state index in [2.05, 4.69) is 15.9 Å². The molecule has 2 aromatic rings. The lowest BCUT2D eigenvalue weighted by atomic mass is 9.99. The van der Waals surface area contributed by atoms with Crippen molar-refractivity contribution in [2.45, 2.75) is 11.0 Å². The van der Waals surface area contributed by atoms with Crippen LogP contribution in [0, 0.1) is 0 Å². The lowest BCUT2D eigenvalue weighted by Gasteiger charge is -2.14. The van der Waals surface area contributed by atoms with Gasteiger partial charge in [0, 0.05) is 11.1 Å². The van der Waals surface area contributed by atoms with Gasteiger partial charge >= 0.3 is 0 Å². The zero-order valence-electron chi connectivity index (χ0n) is 9.44. The Balaban J connectivity index is 2.31. The van der Waals surface area contributed by atoms with E-state index < -0.39 is 11.0 Å². The molecule has 0 heterocycles. The first-order chi connectivity index (χ1) is 8.70. The maximum Gasteiger partial charge on any atom is 0.193 e. The molecule has 2 aromatic carbocycles. The van der Waals surface area contributed by atoms with Gasteiger partial charge in [-0.25, -0.2) is 4.39 Å². The van der Waals surface area contributed by atoms with Crippen LogP contribution in [0.25, 0.3) is 0 Å². The third-order valence-electron chi connectivity index (χ3n) is 3.26. The largest absolute Gasteiger partial charge is 0.289 e. The summed E-state index contributed by atoms with van der Waals surface area (Å²) in [6.07, 6.45) is -1.21. The van der Waals surface area contributed by atoms with E-state index in [1.165, 1.54) is 0 Å². The van der Waals surface area contributed by atoms with Gasteiger partial charge in [-0.3, -0.25) is 4.79 Å². The van der Waals surface area contributed by atoms with Gasteiger partial charge in [-0.2, -0.15) is 0 Å². The molecule has 2 atom stereocenters. The smallest absolute Gasteiger partial charge is 0.193 e. The predicted octanol–water partition coefficient (Wildman–Crippen LogP) is 4.38. The molecule has 0 aromatic heterocycles. The highest BCUT2D eigenvalue weighted by atomic mass is 79.9. The Bertz CT molecular complexity index is 570. The molecule has 0 bridgehead atoms. The third kappa shape index (κ3) is 1.62. The molecular formula is C15H10BrFO. The zero-order valence-corrected chi connectivity index (χ0v) is 11.0. The number of hydrogen-bond donors (Lipinski definition) is 0. The highest BCUT2D eigenvalue weighted by molar-refractivity contribution is 9.09. The van der Waals surface area contributed by atoms with Crippen molar-refractivity contribution in [2.24, 2.45) is 0 Å². The predicted molar refractivity (Wildman–Crippen MR) is 71.8 cm³/mol. The Kier molecular flexibility index (Phi) is 2.78. The highest BCUT2D eigenvalue weighted by Gasteiger charge is 2.32. The summed E-state index contributed by atoms with van der Waals surface area (Å²) < 4.78 is 14.5. The molecule has 0 amide bonds. The van der Waals surface area contributed by atoms with E-state index in [-0.39, 0.29) is 5.78 Å². The number of ketones is 1. The zero-order chi connectivity index (χ0) is 12.7. The summed E-state index contributed by atoms with van der Waals surface area (Å²) in [5.74, 6) is -0.106. The van der Waals surface area contributed by atoms with Crippen LogP contribution >= 0.6 is 15.9 Å². The van der Waals surface area contributed by atoms with Gasteiger partial charge in [0.05, 0.1) is 4.83 Å². The molecule has 0 saturated carbocycles. The Labute approximate surface area is 113 Å². The second-order valence-corrected chi connectivity index (χ2v) is 5.29. The summed E-state index contributed by atoms with van der Waals surface area (Å²) in [6.45, 7) is 0. The van der Waals surface area contributed by atoms with Gasteiger partial charge in [-0.1, -0.05) is 64.5 Å². The minimum absolute atomic E-state index is 0.106. The molecule has 3 heteroatoms. The first-order valence-corrected chi connectivity index (χ1v) is 6.62. The van der Waals surface area contributed by atoms with E-state index in [1.54, 1.807) is 42.5 Å². The number of fused-ring (bicyclic) bond motifs is 2. The fourth-order valence-electron chi connectivity index (χ4n) is 2.35. The van der Waals surface area contributed by atoms with E-state index in [4.69, 9.17) is 0 Å². The third-order valence-corrected chi connectivity index (χ3v) is 4.22. The van der Waals surface area contributed by atoms with Crippen molar-refractivity contribution < 1.29 is 9.18 Å². The number of carbonyl (C=O) groups is 1. The molecule has 1 aliphatic rings. The van der Waals surface area contributed by atoms with Gasteiger partial charge in [-0.15, -0.1) is 0 Å². The molecule has 0 fully saturated rings. The van der Waals surface area contributed by atoms with E-state index in [9.17, 15) is 9.18 Å². The van der Waals surface area contributed by atoms with Gasteiger partial charge in [0.25, 0.3) is 0 Å². The van der Waals surface area contributed by atoms with E-state index in [1.807, 2.05) is 6.07 Å². The van der Waals surface area contributed by atoms with Gasteiger partial charge in [0.2, 0.25) is 0 Å². The van der Waals surface area contributed by atoms with Crippen molar-refractivity contribution in [2.75, 3.05) is 0 Å². The average molecular weight is 305 g/mol. The van der Waals surface area contributed by atoms with Crippen LogP contribution in [0.1, 0.15) is 38.0 Å². The van der Waals surface area contributed by atoms with Crippen molar-refractivity contribution >= 4 is 21.7 Å². The Morgan fingerprint density at radius 3 is 2.06 bits per heavy atom. The fraction of sp³-hybridized carbons (Fsp3) is 0.133. The fourth-order valence-corrected chi connectivity index (χ4v) is 3.03. The van der Waals surface area contributed by atoms with Crippen LogP contribution in [0.3, 0.4) is 0 Å². The average Bonchev–Trinajstić information content (AvgIpc) is 2.51. The summed E-state index contributed by atoms with van der Waals surface area (Å²) in [5.41, 5.74) is 2.21. The summed E-state index contributed by atoms with van der Waals surface area (Å²) in [6, 6.07) is 14.1. The number of alkyl halides is 2. The lowest BCUT2D eigenvalue weighted by Crippen LogP contribution is -2.03. The maximum atomic E-state index is 14.5. The summed E-state index contributed by atoms with van der Waals surface area (Å²) in [4.78, 5) is 11.9. The Morgan fingerprint density at radius 2 is 1.39 bits per heavy atom. The summed E-state index contributed by atoms with van der Waals surface area (Å²) in [7, 11) is 0. The molecule has 3 rings (SSSR count). The topological polar surface area (TPSA) is 17.1 Å². The van der Waals surface area contributed by atoms with Crippen molar-refractivity contribution in [3.8, 4) is 0 Å². The number of benzene rings is 2. The molecule has 1 nitrogen and oxygen atoms in total. The molecule has 1 aliphatic carbocycles. The van der Waals surface area contributed by atoms with Gasteiger partial charge in [0.1, 0.15) is 6.17 Å². The van der Waals surface area contributed by atoms with Crippen molar-refractivity contribution in [1.82, 2.24) is 0 Å². The highest BCUT2D eigenvalue weighted by Crippen LogP contribution is 2.44. The minimum Gasteiger partial charge on any atom is -0.289 e. The van der Waals surface area contributed by atoms with Crippen molar-refractivity contribution in [1.29, 1.82) is 0 Å². The molecular weight excluding hydrogens is 295 g/mol. The van der Waals surface area contributed by atoms with Crippen LogP contribution in [-0.4, -0.2) is 5.78 Å². The first-order valence-electron chi connectivity index (χ1n) is 5.71. The second-order valence-electron chi connectivity index (χ2n) is 4.31. The summed E-state index contributed by atoms with van der Waals surface area (Å²) >= 11 is 3.37. The second kappa shape index (κ2) is 4.32. The Hall–Kier alpha value is -1.48. The number of carbonyl (C=O) groups excluding carboxylic acids is 1. The van der Waals surface area contributed by atoms with Crippen LogP contribution in [0.2, 0.25) is 0 Å². The normalized spacial score (nSPS) is 22.0. The van der Waals surface area contributed by atoms with Crippen LogP contribution in [0.4, 0.5) is 4.39 Å². The Morgan fingerprint density at radius 1 is 0.889 bits per heavy atom. The lowest BCUT2D eigenvalue weighted by molar-refractivity contribution is 0.103. The molecule has 2 unspecified atom stereocenters. The van der Waals surface area contributed by atoms with E-state index in [0.29, 0.717) is 22.3 Å². The van der Waals surface area contributed by atoms with Crippen LogP contribution in [0.15, 0.2) is 48.5 Å². The van der Waals surface area contributed by atoms with Gasteiger partial charge in [-0.05, 0) is 11.1 Å². The van der Waals surface area contributed by atoms with Crippen LogP contribution in [-0.2, 0) is 0 Å². The monoisotopic (exact) mass is 304 g/mol. The van der Waals surface area contributed by atoms with Crippen LogP contribution < -0.4 is 0 Å². The van der Waals surface area contributed by atoms with E-state index >= 15 is 0 Å². The minimum atomic E-state index is -1.21. The SMILES string of the molecule is O=C1c2ccccc2C(F)C(Br)c2ccccc21. The van der Waals surface area contributed by atoms with Crippen LogP contribution in [0.5, 0.6) is 0 Å². The molecule has 0 saturated heterocycles.